The molecule has 1 aliphatic heterocycles. The minimum absolute atomic E-state index is 0.00191. The zero-order valence-corrected chi connectivity index (χ0v) is 15.0. The average Bonchev–Trinajstić information content (AvgIpc) is 3.13. The first-order chi connectivity index (χ1) is 12.1. The van der Waals surface area contributed by atoms with Crippen molar-refractivity contribution in [2.75, 3.05) is 31.1 Å². The molecule has 3 aromatic rings. The largest absolute Gasteiger partial charge is 0.361 e. The molecule has 130 valence electrons. The van der Waals surface area contributed by atoms with E-state index in [2.05, 4.69) is 20.0 Å². The van der Waals surface area contributed by atoms with Gasteiger partial charge in [0.05, 0.1) is 15.9 Å². The molecule has 0 bridgehead atoms. The standard InChI is InChI=1S/C17H19N5O2S/c1-11-14(12(2)24-20-11)17(23)22-6-3-5-21(7-8-22)16-15-13(4-9-25-15)18-10-19-16/h4,9-10H,3,5-8H2,1-2H3. The van der Waals surface area contributed by atoms with Gasteiger partial charge < -0.3 is 14.3 Å². The summed E-state index contributed by atoms with van der Waals surface area (Å²) in [4.78, 5) is 25.8. The van der Waals surface area contributed by atoms with Gasteiger partial charge in [0, 0.05) is 26.2 Å². The Hall–Kier alpha value is -2.48. The zero-order chi connectivity index (χ0) is 17.4. The summed E-state index contributed by atoms with van der Waals surface area (Å²) in [5.74, 6) is 1.55. The van der Waals surface area contributed by atoms with Crippen LogP contribution in [0.15, 0.2) is 22.3 Å². The summed E-state index contributed by atoms with van der Waals surface area (Å²) in [6.07, 6.45) is 2.51. The SMILES string of the molecule is Cc1noc(C)c1C(=O)N1CCCN(c2ncnc3ccsc23)CC1. The van der Waals surface area contributed by atoms with E-state index in [1.54, 1.807) is 24.6 Å². The molecule has 0 aromatic carbocycles. The zero-order valence-electron chi connectivity index (χ0n) is 14.2. The third-order valence-corrected chi connectivity index (χ3v) is 5.45. The van der Waals surface area contributed by atoms with Gasteiger partial charge in [-0.1, -0.05) is 5.16 Å². The average molecular weight is 357 g/mol. The molecule has 25 heavy (non-hydrogen) atoms. The van der Waals surface area contributed by atoms with Crippen molar-refractivity contribution >= 4 is 33.3 Å². The predicted molar refractivity (Wildman–Crippen MR) is 96.1 cm³/mol. The maximum Gasteiger partial charge on any atom is 0.259 e. The Labute approximate surface area is 149 Å². The molecular formula is C17H19N5O2S. The van der Waals surface area contributed by atoms with Gasteiger partial charge in [-0.2, -0.15) is 0 Å². The van der Waals surface area contributed by atoms with Crippen LogP contribution in [0.5, 0.6) is 0 Å². The lowest BCUT2D eigenvalue weighted by atomic mass is 10.1. The van der Waals surface area contributed by atoms with Gasteiger partial charge in [-0.15, -0.1) is 11.3 Å². The molecule has 1 aliphatic rings. The number of fused-ring (bicyclic) bond motifs is 1. The summed E-state index contributed by atoms with van der Waals surface area (Å²) < 4.78 is 6.25. The molecule has 0 spiro atoms. The Balaban J connectivity index is 1.54. The molecule has 0 unspecified atom stereocenters. The first-order valence-corrected chi connectivity index (χ1v) is 9.18. The van der Waals surface area contributed by atoms with Crippen molar-refractivity contribution < 1.29 is 9.32 Å². The Morgan fingerprint density at radius 2 is 2.08 bits per heavy atom. The highest BCUT2D eigenvalue weighted by Gasteiger charge is 2.26. The molecule has 4 rings (SSSR count). The molecule has 4 heterocycles. The van der Waals surface area contributed by atoms with Crippen molar-refractivity contribution in [1.82, 2.24) is 20.0 Å². The minimum atomic E-state index is 0.00191. The van der Waals surface area contributed by atoms with Crippen LogP contribution < -0.4 is 4.90 Å². The molecule has 7 nitrogen and oxygen atoms in total. The summed E-state index contributed by atoms with van der Waals surface area (Å²) in [5, 5.41) is 5.93. The van der Waals surface area contributed by atoms with Crippen LogP contribution >= 0.6 is 11.3 Å². The van der Waals surface area contributed by atoms with Crippen LogP contribution in [0, 0.1) is 13.8 Å². The lowest BCUT2D eigenvalue weighted by Gasteiger charge is -2.23. The molecule has 0 aliphatic carbocycles. The molecular weight excluding hydrogens is 338 g/mol. The van der Waals surface area contributed by atoms with Gasteiger partial charge >= 0.3 is 0 Å². The van der Waals surface area contributed by atoms with E-state index in [1.165, 1.54) is 0 Å². The fourth-order valence-corrected chi connectivity index (χ4v) is 4.14. The lowest BCUT2D eigenvalue weighted by Crippen LogP contribution is -2.35. The van der Waals surface area contributed by atoms with Gasteiger partial charge in [-0.05, 0) is 31.7 Å². The Morgan fingerprint density at radius 3 is 2.88 bits per heavy atom. The van der Waals surface area contributed by atoms with Gasteiger partial charge in [0.2, 0.25) is 0 Å². The van der Waals surface area contributed by atoms with Gasteiger partial charge in [0.25, 0.3) is 5.91 Å². The van der Waals surface area contributed by atoms with Crippen LogP contribution in [0.2, 0.25) is 0 Å². The van der Waals surface area contributed by atoms with Crippen LogP contribution in [0.25, 0.3) is 10.2 Å². The van der Waals surface area contributed by atoms with Crippen LogP contribution in [-0.2, 0) is 0 Å². The van der Waals surface area contributed by atoms with E-state index in [9.17, 15) is 4.79 Å². The van der Waals surface area contributed by atoms with E-state index in [-0.39, 0.29) is 5.91 Å². The highest BCUT2D eigenvalue weighted by atomic mass is 32.1. The van der Waals surface area contributed by atoms with Gasteiger partial charge in [0.15, 0.2) is 0 Å². The smallest absolute Gasteiger partial charge is 0.259 e. The lowest BCUT2D eigenvalue weighted by molar-refractivity contribution is 0.0764. The number of amides is 1. The topological polar surface area (TPSA) is 75.4 Å². The fourth-order valence-electron chi connectivity index (χ4n) is 3.28. The monoisotopic (exact) mass is 357 g/mol. The first kappa shape index (κ1) is 16.0. The van der Waals surface area contributed by atoms with Crippen LogP contribution in [0.1, 0.15) is 28.2 Å². The highest BCUT2D eigenvalue weighted by Crippen LogP contribution is 2.28. The van der Waals surface area contributed by atoms with E-state index in [0.717, 1.165) is 42.1 Å². The summed E-state index contributed by atoms with van der Waals surface area (Å²) >= 11 is 1.66. The van der Waals surface area contributed by atoms with Crippen molar-refractivity contribution in [2.24, 2.45) is 0 Å². The Morgan fingerprint density at radius 1 is 1.20 bits per heavy atom. The number of carbonyl (C=O) groups excluding carboxylic acids is 1. The molecule has 8 heteroatoms. The number of anilines is 1. The number of hydrogen-bond acceptors (Lipinski definition) is 7. The van der Waals surface area contributed by atoms with E-state index < -0.39 is 0 Å². The van der Waals surface area contributed by atoms with Crippen molar-refractivity contribution in [3.63, 3.8) is 0 Å². The second-order valence-electron chi connectivity index (χ2n) is 6.16. The second-order valence-corrected chi connectivity index (χ2v) is 7.08. The normalized spacial score (nSPS) is 15.6. The molecule has 0 N–H and O–H groups in total. The third kappa shape index (κ3) is 2.86. The van der Waals surface area contributed by atoms with Crippen LogP contribution in [0.3, 0.4) is 0 Å². The van der Waals surface area contributed by atoms with Crippen molar-refractivity contribution in [3.8, 4) is 0 Å². The number of aryl methyl sites for hydroxylation is 2. The summed E-state index contributed by atoms with van der Waals surface area (Å²) in [6.45, 7) is 6.58. The third-order valence-electron chi connectivity index (χ3n) is 4.55. The molecule has 1 fully saturated rings. The highest BCUT2D eigenvalue weighted by molar-refractivity contribution is 7.17. The molecule has 1 saturated heterocycles. The summed E-state index contributed by atoms with van der Waals surface area (Å²) in [7, 11) is 0. The van der Waals surface area contributed by atoms with Crippen LogP contribution in [0.4, 0.5) is 5.82 Å². The molecule has 3 aromatic heterocycles. The van der Waals surface area contributed by atoms with Gasteiger partial charge in [0.1, 0.15) is 23.5 Å². The maximum absolute atomic E-state index is 12.9. The molecule has 0 radical (unpaired) electrons. The number of nitrogens with zero attached hydrogens (tertiary/aromatic N) is 5. The maximum atomic E-state index is 12.9. The number of carbonyl (C=O) groups is 1. The van der Waals surface area contributed by atoms with Crippen molar-refractivity contribution in [3.05, 3.63) is 34.8 Å². The molecule has 0 saturated carbocycles. The molecule has 1 amide bonds. The fraction of sp³-hybridized carbons (Fsp3) is 0.412. The number of rotatable bonds is 2. The number of thiophene rings is 1. The van der Waals surface area contributed by atoms with E-state index in [0.29, 0.717) is 23.6 Å². The first-order valence-electron chi connectivity index (χ1n) is 8.30. The van der Waals surface area contributed by atoms with Crippen molar-refractivity contribution in [2.45, 2.75) is 20.3 Å². The van der Waals surface area contributed by atoms with E-state index in [1.807, 2.05) is 23.3 Å². The Kier molecular flexibility index (Phi) is 4.12. The predicted octanol–water partition coefficient (Wildman–Crippen LogP) is 2.65. The van der Waals surface area contributed by atoms with E-state index in [4.69, 9.17) is 4.52 Å². The minimum Gasteiger partial charge on any atom is -0.361 e. The quantitative estimate of drug-likeness (QED) is 0.702. The van der Waals surface area contributed by atoms with E-state index >= 15 is 0 Å². The molecule has 0 atom stereocenters. The van der Waals surface area contributed by atoms with Crippen molar-refractivity contribution in [1.29, 1.82) is 0 Å². The van der Waals surface area contributed by atoms with Gasteiger partial charge in [-0.3, -0.25) is 4.79 Å². The Bertz CT molecular complexity index is 899. The number of aromatic nitrogens is 3. The van der Waals surface area contributed by atoms with Crippen LogP contribution in [-0.4, -0.2) is 52.1 Å². The second kappa shape index (κ2) is 6.44. The summed E-state index contributed by atoms with van der Waals surface area (Å²) in [5.41, 5.74) is 2.22. The summed E-state index contributed by atoms with van der Waals surface area (Å²) in [6, 6.07) is 2.01. The number of hydrogen-bond donors (Lipinski definition) is 0. The van der Waals surface area contributed by atoms with Gasteiger partial charge in [-0.25, -0.2) is 9.97 Å².